The Balaban J connectivity index is 2.25. The van der Waals surface area contributed by atoms with Crippen LogP contribution in [-0.4, -0.2) is 29.5 Å². The highest BCUT2D eigenvalue weighted by molar-refractivity contribution is 8.00. The minimum atomic E-state index is -0.815. The molecule has 92 valence electrons. The van der Waals surface area contributed by atoms with Crippen molar-refractivity contribution in [1.82, 2.24) is 0 Å². The fraction of sp³-hybridized carbons (Fsp3) is 0.417. The molecule has 1 aromatic carbocycles. The summed E-state index contributed by atoms with van der Waals surface area (Å²) in [4.78, 5) is 11.7. The molecule has 1 heterocycles. The van der Waals surface area contributed by atoms with Crippen LogP contribution in [0, 0.1) is 6.92 Å². The van der Waals surface area contributed by atoms with E-state index in [0.717, 1.165) is 16.2 Å². The predicted molar refractivity (Wildman–Crippen MR) is 65.1 cm³/mol. The van der Waals surface area contributed by atoms with Crippen LogP contribution in [0.1, 0.15) is 12.5 Å². The summed E-state index contributed by atoms with van der Waals surface area (Å²) in [7, 11) is 0. The van der Waals surface area contributed by atoms with Crippen molar-refractivity contribution in [3.05, 3.63) is 17.7 Å². The summed E-state index contributed by atoms with van der Waals surface area (Å²) in [5, 5.41) is 8.42. The lowest BCUT2D eigenvalue weighted by molar-refractivity contribution is -0.136. The zero-order valence-corrected chi connectivity index (χ0v) is 10.5. The zero-order chi connectivity index (χ0) is 12.4. The largest absolute Gasteiger partial charge is 0.486 e. The molecule has 0 radical (unpaired) electrons. The molecule has 1 unspecified atom stereocenters. The molecular weight excluding hydrogens is 240 g/mol. The number of fused-ring (bicyclic) bond motifs is 1. The van der Waals surface area contributed by atoms with E-state index in [0.29, 0.717) is 19.0 Å². The summed E-state index contributed by atoms with van der Waals surface area (Å²) in [6, 6.07) is 3.75. The van der Waals surface area contributed by atoms with Crippen molar-refractivity contribution < 1.29 is 19.4 Å². The highest BCUT2D eigenvalue weighted by atomic mass is 32.2. The van der Waals surface area contributed by atoms with E-state index in [1.54, 1.807) is 6.92 Å². The number of carboxylic acid groups (broad SMARTS) is 1. The molecule has 0 saturated heterocycles. The van der Waals surface area contributed by atoms with Gasteiger partial charge < -0.3 is 14.6 Å². The average Bonchev–Trinajstić information content (AvgIpc) is 2.29. The van der Waals surface area contributed by atoms with Crippen LogP contribution < -0.4 is 9.47 Å². The van der Waals surface area contributed by atoms with Crippen LogP contribution in [0.2, 0.25) is 0 Å². The van der Waals surface area contributed by atoms with Crippen molar-refractivity contribution in [2.75, 3.05) is 13.2 Å². The Morgan fingerprint density at radius 1 is 1.35 bits per heavy atom. The second kappa shape index (κ2) is 4.87. The molecule has 1 aliphatic rings. The lowest BCUT2D eigenvalue weighted by atomic mass is 10.2. The first-order valence-corrected chi connectivity index (χ1v) is 6.25. The van der Waals surface area contributed by atoms with Crippen molar-refractivity contribution in [2.24, 2.45) is 0 Å². The van der Waals surface area contributed by atoms with E-state index < -0.39 is 11.2 Å². The van der Waals surface area contributed by atoms with E-state index in [1.807, 2.05) is 19.1 Å². The number of carboxylic acids is 1. The molecule has 1 aromatic rings. The maximum atomic E-state index is 10.8. The fourth-order valence-electron chi connectivity index (χ4n) is 1.54. The van der Waals surface area contributed by atoms with Gasteiger partial charge in [-0.3, -0.25) is 4.79 Å². The summed E-state index contributed by atoms with van der Waals surface area (Å²) in [6.07, 6.45) is 0. The molecule has 1 atom stereocenters. The molecule has 0 amide bonds. The second-order valence-electron chi connectivity index (χ2n) is 3.86. The Labute approximate surface area is 104 Å². The molecule has 0 aliphatic carbocycles. The summed E-state index contributed by atoms with van der Waals surface area (Å²) in [6.45, 7) is 4.71. The minimum absolute atomic E-state index is 0.476. The van der Waals surface area contributed by atoms with Gasteiger partial charge in [0, 0.05) is 4.90 Å². The first kappa shape index (κ1) is 12.1. The molecule has 4 nitrogen and oxygen atoms in total. The Hall–Kier alpha value is -1.36. The van der Waals surface area contributed by atoms with Crippen LogP contribution in [0.15, 0.2) is 17.0 Å². The van der Waals surface area contributed by atoms with E-state index in [2.05, 4.69) is 0 Å². The maximum absolute atomic E-state index is 10.8. The van der Waals surface area contributed by atoms with Gasteiger partial charge in [-0.25, -0.2) is 0 Å². The Morgan fingerprint density at radius 2 is 1.94 bits per heavy atom. The second-order valence-corrected chi connectivity index (χ2v) is 5.24. The topological polar surface area (TPSA) is 55.8 Å². The minimum Gasteiger partial charge on any atom is -0.486 e. The van der Waals surface area contributed by atoms with Crippen LogP contribution in [0.3, 0.4) is 0 Å². The molecule has 2 rings (SSSR count). The number of thioether (sulfide) groups is 1. The van der Waals surface area contributed by atoms with E-state index in [4.69, 9.17) is 14.6 Å². The van der Waals surface area contributed by atoms with Crippen LogP contribution in [0.25, 0.3) is 0 Å². The third kappa shape index (κ3) is 2.66. The van der Waals surface area contributed by atoms with E-state index in [1.165, 1.54) is 11.8 Å². The maximum Gasteiger partial charge on any atom is 0.316 e. The first-order valence-electron chi connectivity index (χ1n) is 5.37. The van der Waals surface area contributed by atoms with Crippen LogP contribution in [0.4, 0.5) is 0 Å². The summed E-state index contributed by atoms with van der Waals surface area (Å²) >= 11 is 1.32. The fourth-order valence-corrected chi connectivity index (χ4v) is 2.44. The standard InChI is InChI=1S/C12H14O4S/c1-7-5-9-10(16-4-3-15-9)6-11(7)17-8(2)12(13)14/h5-6,8H,3-4H2,1-2H3,(H,13,14). The highest BCUT2D eigenvalue weighted by Gasteiger charge is 2.18. The molecule has 1 aliphatic heterocycles. The lowest BCUT2D eigenvalue weighted by Gasteiger charge is -2.20. The number of hydrogen-bond acceptors (Lipinski definition) is 4. The molecule has 0 bridgehead atoms. The van der Waals surface area contributed by atoms with Crippen LogP contribution in [-0.2, 0) is 4.79 Å². The van der Waals surface area contributed by atoms with Gasteiger partial charge in [0.15, 0.2) is 11.5 Å². The van der Waals surface area contributed by atoms with Crippen molar-refractivity contribution in [3.8, 4) is 11.5 Å². The molecule has 0 aromatic heterocycles. The van der Waals surface area contributed by atoms with Gasteiger partial charge >= 0.3 is 5.97 Å². The number of carbonyl (C=O) groups is 1. The van der Waals surface area contributed by atoms with Crippen molar-refractivity contribution in [2.45, 2.75) is 24.0 Å². The van der Waals surface area contributed by atoms with Gasteiger partial charge in [0.25, 0.3) is 0 Å². The molecule has 0 spiro atoms. The quantitative estimate of drug-likeness (QED) is 0.839. The molecular formula is C12H14O4S. The smallest absolute Gasteiger partial charge is 0.316 e. The van der Waals surface area contributed by atoms with Gasteiger partial charge in [0.05, 0.1) is 0 Å². The lowest BCUT2D eigenvalue weighted by Crippen LogP contribution is -2.16. The Kier molecular flexibility index (Phi) is 3.47. The number of benzene rings is 1. The number of ether oxygens (including phenoxy) is 2. The van der Waals surface area contributed by atoms with Crippen molar-refractivity contribution in [1.29, 1.82) is 0 Å². The van der Waals surface area contributed by atoms with Gasteiger partial charge in [-0.2, -0.15) is 0 Å². The number of hydrogen-bond donors (Lipinski definition) is 1. The van der Waals surface area contributed by atoms with Gasteiger partial charge in [0.1, 0.15) is 18.5 Å². The van der Waals surface area contributed by atoms with E-state index in [9.17, 15) is 4.79 Å². The number of aryl methyl sites for hydroxylation is 1. The SMILES string of the molecule is Cc1cc2c(cc1SC(C)C(=O)O)OCCO2. The van der Waals surface area contributed by atoms with Gasteiger partial charge in [-0.05, 0) is 31.5 Å². The Bertz CT molecular complexity index is 444. The van der Waals surface area contributed by atoms with Crippen LogP contribution >= 0.6 is 11.8 Å². The van der Waals surface area contributed by atoms with Crippen LogP contribution in [0.5, 0.6) is 11.5 Å². The van der Waals surface area contributed by atoms with Gasteiger partial charge in [0.2, 0.25) is 0 Å². The average molecular weight is 254 g/mol. The molecule has 5 heteroatoms. The van der Waals surface area contributed by atoms with Crippen molar-refractivity contribution >= 4 is 17.7 Å². The zero-order valence-electron chi connectivity index (χ0n) is 9.73. The van der Waals surface area contributed by atoms with E-state index >= 15 is 0 Å². The molecule has 0 fully saturated rings. The normalized spacial score (nSPS) is 15.4. The number of aliphatic carboxylic acids is 1. The highest BCUT2D eigenvalue weighted by Crippen LogP contribution is 2.38. The van der Waals surface area contributed by atoms with Gasteiger partial charge in [-0.15, -0.1) is 11.8 Å². The van der Waals surface area contributed by atoms with Crippen molar-refractivity contribution in [3.63, 3.8) is 0 Å². The molecule has 0 saturated carbocycles. The molecule has 17 heavy (non-hydrogen) atoms. The van der Waals surface area contributed by atoms with E-state index in [-0.39, 0.29) is 0 Å². The first-order chi connectivity index (χ1) is 8.08. The third-order valence-corrected chi connectivity index (χ3v) is 3.74. The Morgan fingerprint density at radius 3 is 2.53 bits per heavy atom. The summed E-state index contributed by atoms with van der Waals surface area (Å²) < 4.78 is 10.9. The molecule has 1 N–H and O–H groups in total. The monoisotopic (exact) mass is 254 g/mol. The summed E-state index contributed by atoms with van der Waals surface area (Å²) in [5.74, 6) is 0.618. The predicted octanol–water partition coefficient (Wildman–Crippen LogP) is 2.33. The summed E-state index contributed by atoms with van der Waals surface area (Å²) in [5.41, 5.74) is 1.01. The van der Waals surface area contributed by atoms with Gasteiger partial charge in [-0.1, -0.05) is 0 Å². The third-order valence-electron chi connectivity index (χ3n) is 2.49. The number of rotatable bonds is 3.